The average Bonchev–Trinajstić information content (AvgIpc) is 2.22. The molecular weight excluding hydrogens is 240 g/mol. The monoisotopic (exact) mass is 284 g/mol. The summed E-state index contributed by atoms with van der Waals surface area (Å²) in [5, 5.41) is 0. The highest BCUT2D eigenvalue weighted by molar-refractivity contribution is 4.58. The van der Waals surface area contributed by atoms with Crippen molar-refractivity contribution in [1.29, 1.82) is 0 Å². The lowest BCUT2D eigenvalue weighted by atomic mass is 9.91. The van der Waals surface area contributed by atoms with E-state index in [0.717, 1.165) is 29.6 Å². The van der Waals surface area contributed by atoms with Crippen LogP contribution in [0.2, 0.25) is 0 Å². The topological polar surface area (TPSA) is 0 Å². The Balaban J connectivity index is 0. The molecule has 0 aromatic rings. The molecule has 0 radical (unpaired) electrons. The molecule has 0 aromatic heterocycles. The highest BCUT2D eigenvalue weighted by atomic mass is 14.1. The minimum Gasteiger partial charge on any atom is -0.0628 e. The van der Waals surface area contributed by atoms with Crippen molar-refractivity contribution in [2.45, 2.75) is 101 Å². The van der Waals surface area contributed by atoms with Gasteiger partial charge in [0.25, 0.3) is 0 Å². The van der Waals surface area contributed by atoms with Gasteiger partial charge in [0.2, 0.25) is 0 Å². The molecule has 0 aliphatic heterocycles. The van der Waals surface area contributed by atoms with Crippen LogP contribution in [0.5, 0.6) is 0 Å². The Morgan fingerprint density at radius 2 is 0.750 bits per heavy atom. The van der Waals surface area contributed by atoms with E-state index in [4.69, 9.17) is 0 Å². The second kappa shape index (κ2) is 14.0. The summed E-state index contributed by atoms with van der Waals surface area (Å²) in [6.07, 6.45) is 8.45. The summed E-state index contributed by atoms with van der Waals surface area (Å²) >= 11 is 0. The van der Waals surface area contributed by atoms with E-state index in [1.54, 1.807) is 0 Å². The van der Waals surface area contributed by atoms with Crippen molar-refractivity contribution in [1.82, 2.24) is 0 Å². The lowest BCUT2D eigenvalue weighted by Crippen LogP contribution is -2.03. The lowest BCUT2D eigenvalue weighted by Gasteiger charge is -2.15. The molecule has 0 amide bonds. The van der Waals surface area contributed by atoms with Gasteiger partial charge in [0.05, 0.1) is 0 Å². The third kappa shape index (κ3) is 23.1. The van der Waals surface area contributed by atoms with E-state index >= 15 is 0 Å². The number of hydrogen-bond acceptors (Lipinski definition) is 0. The fourth-order valence-electron chi connectivity index (χ4n) is 2.81. The van der Waals surface area contributed by atoms with Gasteiger partial charge in [0.15, 0.2) is 0 Å². The Kier molecular flexibility index (Phi) is 15.6. The van der Waals surface area contributed by atoms with Gasteiger partial charge in [-0.25, -0.2) is 0 Å². The SMILES string of the molecule is CC(C)CC(C)CC(C)C.CC(C)CCCCC(C)C. The summed E-state index contributed by atoms with van der Waals surface area (Å²) in [6, 6.07) is 0. The molecular formula is C20H44. The van der Waals surface area contributed by atoms with Crippen LogP contribution in [-0.2, 0) is 0 Å². The molecule has 0 heterocycles. The summed E-state index contributed by atoms with van der Waals surface area (Å²) in [7, 11) is 0. The fraction of sp³-hybridized carbons (Fsp3) is 1.00. The van der Waals surface area contributed by atoms with Crippen molar-refractivity contribution in [2.75, 3.05) is 0 Å². The normalized spacial score (nSPS) is 11.7. The maximum absolute atomic E-state index is 2.36. The van der Waals surface area contributed by atoms with E-state index in [9.17, 15) is 0 Å². The van der Waals surface area contributed by atoms with Crippen LogP contribution < -0.4 is 0 Å². The van der Waals surface area contributed by atoms with Gasteiger partial charge in [-0.3, -0.25) is 0 Å². The standard InChI is InChI=1S/2C10H22/c1-8(2)6-10(5)7-9(3)4;1-9(2)7-5-6-8-10(3)4/h8-10H,6-7H2,1-5H3;9-10H,5-8H2,1-4H3. The largest absolute Gasteiger partial charge is 0.0628 e. The van der Waals surface area contributed by atoms with E-state index in [0.29, 0.717) is 0 Å². The highest BCUT2D eigenvalue weighted by Crippen LogP contribution is 2.18. The van der Waals surface area contributed by atoms with E-state index in [-0.39, 0.29) is 0 Å². The predicted molar refractivity (Wildman–Crippen MR) is 96.2 cm³/mol. The molecule has 0 nitrogen and oxygen atoms in total. The van der Waals surface area contributed by atoms with E-state index < -0.39 is 0 Å². The van der Waals surface area contributed by atoms with Crippen molar-refractivity contribution >= 4 is 0 Å². The Hall–Kier alpha value is 0. The zero-order chi connectivity index (χ0) is 16.1. The van der Waals surface area contributed by atoms with E-state index in [1.807, 2.05) is 0 Å². The van der Waals surface area contributed by atoms with Gasteiger partial charge in [-0.1, -0.05) is 88.0 Å². The molecule has 0 saturated heterocycles. The third-order valence-electron chi connectivity index (χ3n) is 3.56. The van der Waals surface area contributed by atoms with Crippen LogP contribution in [0.25, 0.3) is 0 Å². The fourth-order valence-corrected chi connectivity index (χ4v) is 2.81. The molecule has 0 spiro atoms. The molecule has 124 valence electrons. The first-order valence-electron chi connectivity index (χ1n) is 9.15. The van der Waals surface area contributed by atoms with Gasteiger partial charge in [-0.05, 0) is 42.4 Å². The minimum absolute atomic E-state index is 0.869. The Morgan fingerprint density at radius 3 is 0.950 bits per heavy atom. The molecule has 0 fully saturated rings. The highest BCUT2D eigenvalue weighted by Gasteiger charge is 2.06. The van der Waals surface area contributed by atoms with Crippen LogP contribution in [0.15, 0.2) is 0 Å². The maximum Gasteiger partial charge on any atom is -0.0438 e. The van der Waals surface area contributed by atoms with Crippen LogP contribution in [0, 0.1) is 29.6 Å². The van der Waals surface area contributed by atoms with Gasteiger partial charge in [-0.15, -0.1) is 0 Å². The first-order chi connectivity index (χ1) is 9.15. The van der Waals surface area contributed by atoms with Gasteiger partial charge >= 0.3 is 0 Å². The van der Waals surface area contributed by atoms with Crippen LogP contribution in [-0.4, -0.2) is 0 Å². The first kappa shape index (κ1) is 22.3. The molecule has 0 N–H and O–H groups in total. The van der Waals surface area contributed by atoms with E-state index in [1.165, 1.54) is 38.5 Å². The number of rotatable bonds is 9. The summed E-state index contributed by atoms with van der Waals surface area (Å²) < 4.78 is 0. The Morgan fingerprint density at radius 1 is 0.450 bits per heavy atom. The molecule has 0 rings (SSSR count). The minimum atomic E-state index is 0.869. The first-order valence-corrected chi connectivity index (χ1v) is 9.15. The predicted octanol–water partition coefficient (Wildman–Crippen LogP) is 7.57. The molecule has 0 bridgehead atoms. The van der Waals surface area contributed by atoms with Crippen molar-refractivity contribution in [3.8, 4) is 0 Å². The number of unbranched alkanes of at least 4 members (excludes halogenated alkanes) is 1. The van der Waals surface area contributed by atoms with Gasteiger partial charge in [-0.2, -0.15) is 0 Å². The van der Waals surface area contributed by atoms with Crippen molar-refractivity contribution in [3.05, 3.63) is 0 Å². The second-order valence-electron chi connectivity index (χ2n) is 8.44. The molecule has 0 atom stereocenters. The van der Waals surface area contributed by atoms with E-state index in [2.05, 4.69) is 62.3 Å². The summed E-state index contributed by atoms with van der Waals surface area (Å²) in [4.78, 5) is 0. The van der Waals surface area contributed by atoms with Crippen LogP contribution in [0.1, 0.15) is 101 Å². The van der Waals surface area contributed by atoms with Gasteiger partial charge in [0, 0.05) is 0 Å². The molecule has 0 aliphatic rings. The molecule has 0 saturated carbocycles. The second-order valence-corrected chi connectivity index (χ2v) is 8.44. The Bertz CT molecular complexity index is 156. The zero-order valence-electron chi connectivity index (χ0n) is 16.1. The zero-order valence-corrected chi connectivity index (χ0v) is 16.1. The van der Waals surface area contributed by atoms with Crippen molar-refractivity contribution < 1.29 is 0 Å². The van der Waals surface area contributed by atoms with Gasteiger partial charge in [0.1, 0.15) is 0 Å². The molecule has 0 heteroatoms. The number of hydrogen-bond donors (Lipinski definition) is 0. The van der Waals surface area contributed by atoms with Crippen LogP contribution >= 0.6 is 0 Å². The molecule has 0 unspecified atom stereocenters. The summed E-state index contributed by atoms with van der Waals surface area (Å²) in [5.41, 5.74) is 0. The maximum atomic E-state index is 2.36. The van der Waals surface area contributed by atoms with Crippen molar-refractivity contribution in [3.63, 3.8) is 0 Å². The summed E-state index contributed by atoms with van der Waals surface area (Å²) in [5.74, 6) is 4.45. The third-order valence-corrected chi connectivity index (χ3v) is 3.56. The average molecular weight is 285 g/mol. The van der Waals surface area contributed by atoms with Crippen molar-refractivity contribution in [2.24, 2.45) is 29.6 Å². The quantitative estimate of drug-likeness (QED) is 0.383. The summed E-state index contributed by atoms with van der Waals surface area (Å²) in [6.45, 7) is 20.8. The molecule has 0 aromatic carbocycles. The molecule has 20 heavy (non-hydrogen) atoms. The smallest absolute Gasteiger partial charge is 0.0438 e. The lowest BCUT2D eigenvalue weighted by molar-refractivity contribution is 0.368. The van der Waals surface area contributed by atoms with Crippen LogP contribution in [0.4, 0.5) is 0 Å². The van der Waals surface area contributed by atoms with Gasteiger partial charge < -0.3 is 0 Å². The molecule has 0 aliphatic carbocycles. The Labute approximate surface area is 131 Å². The van der Waals surface area contributed by atoms with Crippen LogP contribution in [0.3, 0.4) is 0 Å².